The summed E-state index contributed by atoms with van der Waals surface area (Å²) < 4.78 is 13.5. The van der Waals surface area contributed by atoms with E-state index in [0.717, 1.165) is 10.5 Å². The van der Waals surface area contributed by atoms with Gasteiger partial charge in [-0.3, -0.25) is 9.59 Å². The lowest BCUT2D eigenvalue weighted by molar-refractivity contribution is -0.121. The molecule has 0 bridgehead atoms. The van der Waals surface area contributed by atoms with Crippen molar-refractivity contribution in [2.75, 3.05) is 4.90 Å². The van der Waals surface area contributed by atoms with Crippen LogP contribution in [0.5, 0.6) is 0 Å². The summed E-state index contributed by atoms with van der Waals surface area (Å²) in [6.45, 7) is 0. The first kappa shape index (κ1) is 13.9. The third-order valence-electron chi connectivity index (χ3n) is 3.50. The van der Waals surface area contributed by atoms with E-state index in [0.29, 0.717) is 10.2 Å². The van der Waals surface area contributed by atoms with Crippen LogP contribution in [0.1, 0.15) is 17.9 Å². The van der Waals surface area contributed by atoms with Gasteiger partial charge in [0.05, 0.1) is 11.6 Å². The Morgan fingerprint density at radius 1 is 1.10 bits per heavy atom. The van der Waals surface area contributed by atoms with Crippen molar-refractivity contribution in [1.29, 1.82) is 0 Å². The van der Waals surface area contributed by atoms with Crippen LogP contribution in [0.2, 0.25) is 0 Å². The Kier molecular flexibility index (Phi) is 3.59. The van der Waals surface area contributed by atoms with Crippen molar-refractivity contribution in [3.8, 4) is 0 Å². The fourth-order valence-corrected chi connectivity index (χ4v) is 3.02. The molecule has 1 aliphatic heterocycles. The maximum atomic E-state index is 13.2. The van der Waals surface area contributed by atoms with E-state index < -0.39 is 11.7 Å². The predicted molar refractivity (Wildman–Crippen MR) is 80.4 cm³/mol. The first-order valence-electron chi connectivity index (χ1n) is 6.44. The molecule has 1 saturated heterocycles. The summed E-state index contributed by atoms with van der Waals surface area (Å²) >= 11 is 3.20. The van der Waals surface area contributed by atoms with Crippen LogP contribution in [0, 0.1) is 5.82 Å². The van der Waals surface area contributed by atoms with Crippen LogP contribution in [0.3, 0.4) is 0 Å². The molecule has 1 unspecified atom stereocenters. The van der Waals surface area contributed by atoms with Gasteiger partial charge >= 0.3 is 0 Å². The number of carbonyl (C=O) groups is 2. The molecule has 0 radical (unpaired) electrons. The Morgan fingerprint density at radius 3 is 2.48 bits per heavy atom. The molecule has 2 aromatic rings. The maximum absolute atomic E-state index is 13.2. The van der Waals surface area contributed by atoms with E-state index in [1.807, 2.05) is 30.3 Å². The predicted octanol–water partition coefficient (Wildman–Crippen LogP) is 3.64. The summed E-state index contributed by atoms with van der Waals surface area (Å²) in [5.41, 5.74) is 1.20. The highest BCUT2D eigenvalue weighted by Crippen LogP contribution is 2.36. The lowest BCUT2D eigenvalue weighted by Crippen LogP contribution is -2.30. The lowest BCUT2D eigenvalue weighted by atomic mass is 9.98. The van der Waals surface area contributed by atoms with Crippen LogP contribution in [-0.2, 0) is 9.59 Å². The van der Waals surface area contributed by atoms with Crippen LogP contribution in [0.4, 0.5) is 10.1 Å². The van der Waals surface area contributed by atoms with Crippen LogP contribution in [-0.4, -0.2) is 11.8 Å². The molecule has 0 spiro atoms. The van der Waals surface area contributed by atoms with Crippen molar-refractivity contribution >= 4 is 33.4 Å². The monoisotopic (exact) mass is 347 g/mol. The van der Waals surface area contributed by atoms with Gasteiger partial charge in [0.1, 0.15) is 5.82 Å². The summed E-state index contributed by atoms with van der Waals surface area (Å²) in [6, 6.07) is 13.1. The summed E-state index contributed by atoms with van der Waals surface area (Å²) in [5, 5.41) is 0. The number of nitrogens with zero attached hydrogens (tertiary/aromatic N) is 1. The number of carbonyl (C=O) groups excluding carboxylic acids is 2. The van der Waals surface area contributed by atoms with Gasteiger partial charge in [-0.1, -0.05) is 30.3 Å². The fraction of sp³-hybridized carbons (Fsp3) is 0.125. The van der Waals surface area contributed by atoms with Crippen LogP contribution < -0.4 is 4.90 Å². The first-order chi connectivity index (χ1) is 10.1. The van der Waals surface area contributed by atoms with E-state index in [1.165, 1.54) is 18.2 Å². The van der Waals surface area contributed by atoms with E-state index in [2.05, 4.69) is 15.9 Å². The zero-order valence-corrected chi connectivity index (χ0v) is 12.5. The average molecular weight is 348 g/mol. The van der Waals surface area contributed by atoms with E-state index in [9.17, 15) is 14.0 Å². The smallest absolute Gasteiger partial charge is 0.241 e. The zero-order valence-electron chi connectivity index (χ0n) is 10.9. The number of anilines is 1. The zero-order chi connectivity index (χ0) is 15.0. The minimum Gasteiger partial charge on any atom is -0.274 e. The molecular formula is C16H11BrFNO2. The van der Waals surface area contributed by atoms with Crippen molar-refractivity contribution in [3.05, 3.63) is 64.4 Å². The van der Waals surface area contributed by atoms with E-state index >= 15 is 0 Å². The highest BCUT2D eigenvalue weighted by molar-refractivity contribution is 9.10. The van der Waals surface area contributed by atoms with Gasteiger partial charge in [0, 0.05) is 10.9 Å². The minimum absolute atomic E-state index is 0.132. The quantitative estimate of drug-likeness (QED) is 0.778. The van der Waals surface area contributed by atoms with Crippen LogP contribution >= 0.6 is 15.9 Å². The number of hydrogen-bond donors (Lipinski definition) is 0. The Balaban J connectivity index is 1.98. The third kappa shape index (κ3) is 2.49. The largest absolute Gasteiger partial charge is 0.274 e. The van der Waals surface area contributed by atoms with Crippen molar-refractivity contribution in [1.82, 2.24) is 0 Å². The van der Waals surface area contributed by atoms with Gasteiger partial charge in [-0.25, -0.2) is 9.29 Å². The van der Waals surface area contributed by atoms with E-state index in [1.54, 1.807) is 0 Å². The number of amides is 2. The first-order valence-corrected chi connectivity index (χ1v) is 7.24. The standard InChI is InChI=1S/C16H11BrFNO2/c17-13-8-11(18)6-7-14(13)19-15(20)9-12(16(19)21)10-4-2-1-3-5-10/h1-8,12H,9H2. The van der Waals surface area contributed by atoms with Gasteiger partial charge in [-0.2, -0.15) is 0 Å². The highest BCUT2D eigenvalue weighted by Gasteiger charge is 2.40. The number of hydrogen-bond acceptors (Lipinski definition) is 2. The van der Waals surface area contributed by atoms with Gasteiger partial charge in [0.25, 0.3) is 0 Å². The number of rotatable bonds is 2. The van der Waals surface area contributed by atoms with Crippen molar-refractivity contribution in [3.63, 3.8) is 0 Å². The molecule has 0 N–H and O–H groups in total. The average Bonchev–Trinajstić information content (AvgIpc) is 2.76. The number of halogens is 2. The summed E-state index contributed by atoms with van der Waals surface area (Å²) in [6.07, 6.45) is 0.132. The molecule has 0 aromatic heterocycles. The third-order valence-corrected chi connectivity index (χ3v) is 4.13. The molecule has 1 atom stereocenters. The number of imide groups is 1. The topological polar surface area (TPSA) is 37.4 Å². The second kappa shape index (κ2) is 5.41. The summed E-state index contributed by atoms with van der Waals surface area (Å²) in [7, 11) is 0. The second-order valence-electron chi connectivity index (χ2n) is 4.83. The van der Waals surface area contributed by atoms with Crippen molar-refractivity contribution < 1.29 is 14.0 Å². The molecule has 1 heterocycles. The highest BCUT2D eigenvalue weighted by atomic mass is 79.9. The summed E-state index contributed by atoms with van der Waals surface area (Å²) in [5.74, 6) is -1.46. The Morgan fingerprint density at radius 2 is 1.81 bits per heavy atom. The Labute approximate surface area is 129 Å². The molecule has 2 amide bonds. The summed E-state index contributed by atoms with van der Waals surface area (Å²) in [4.78, 5) is 25.9. The normalized spacial score (nSPS) is 18.4. The Bertz CT molecular complexity index is 717. The molecule has 0 aliphatic carbocycles. The van der Waals surface area contributed by atoms with Crippen molar-refractivity contribution in [2.24, 2.45) is 0 Å². The molecule has 21 heavy (non-hydrogen) atoms. The van der Waals surface area contributed by atoms with Crippen LogP contribution in [0.15, 0.2) is 53.0 Å². The Hall–Kier alpha value is -2.01. The van der Waals surface area contributed by atoms with Crippen molar-refractivity contribution in [2.45, 2.75) is 12.3 Å². The second-order valence-corrected chi connectivity index (χ2v) is 5.68. The molecular weight excluding hydrogens is 337 g/mol. The molecule has 3 rings (SSSR count). The number of benzene rings is 2. The van der Waals surface area contributed by atoms with Crippen LogP contribution in [0.25, 0.3) is 0 Å². The molecule has 0 saturated carbocycles. The maximum Gasteiger partial charge on any atom is 0.241 e. The van der Waals surface area contributed by atoms with Gasteiger partial charge in [0.15, 0.2) is 0 Å². The van der Waals surface area contributed by atoms with Gasteiger partial charge < -0.3 is 0 Å². The van der Waals surface area contributed by atoms with Gasteiger partial charge in [-0.15, -0.1) is 0 Å². The molecule has 2 aromatic carbocycles. The molecule has 1 aliphatic rings. The molecule has 5 heteroatoms. The molecule has 1 fully saturated rings. The minimum atomic E-state index is -0.476. The van der Waals surface area contributed by atoms with Gasteiger partial charge in [0.2, 0.25) is 11.8 Å². The van der Waals surface area contributed by atoms with E-state index in [-0.39, 0.29) is 18.2 Å². The lowest BCUT2D eigenvalue weighted by Gasteiger charge is -2.16. The molecule has 3 nitrogen and oxygen atoms in total. The molecule has 106 valence electrons. The SMILES string of the molecule is O=C1CC(c2ccccc2)C(=O)N1c1ccc(F)cc1Br. The van der Waals surface area contributed by atoms with Gasteiger partial charge in [-0.05, 0) is 39.7 Å². The fourth-order valence-electron chi connectivity index (χ4n) is 2.49. The van der Waals surface area contributed by atoms with E-state index in [4.69, 9.17) is 0 Å².